The fourth-order valence-electron chi connectivity index (χ4n) is 2.41. The molecule has 21 heavy (non-hydrogen) atoms. The zero-order valence-corrected chi connectivity index (χ0v) is 12.7. The minimum absolute atomic E-state index is 0.0528. The molecule has 1 radical (unpaired) electrons. The van der Waals surface area contributed by atoms with E-state index in [2.05, 4.69) is 11.4 Å². The van der Waals surface area contributed by atoms with E-state index in [1.807, 2.05) is 18.2 Å². The molecule has 0 bridgehead atoms. The largest absolute Gasteiger partial charge is 0.310 e. The maximum absolute atomic E-state index is 12.0. The van der Waals surface area contributed by atoms with Crippen LogP contribution in [0.3, 0.4) is 0 Å². The van der Waals surface area contributed by atoms with E-state index < -0.39 is 0 Å². The molecule has 1 aliphatic heterocycles. The Hall–Kier alpha value is -1.55. The summed E-state index contributed by atoms with van der Waals surface area (Å²) in [5, 5.41) is 4.22. The van der Waals surface area contributed by atoms with Gasteiger partial charge in [0, 0.05) is 34.4 Å². The molecule has 0 aliphatic carbocycles. The number of nitrogens with one attached hydrogen (secondary N) is 1. The van der Waals surface area contributed by atoms with Crippen molar-refractivity contribution >= 4 is 34.8 Å². The Balaban J connectivity index is 2.02. The average Bonchev–Trinajstić information content (AvgIpc) is 2.48. The number of rotatable bonds is 2. The quantitative estimate of drug-likeness (QED) is 0.920. The second-order valence-corrected chi connectivity index (χ2v) is 5.61. The topological polar surface area (TPSA) is 32.3 Å². The fraction of sp³-hybridized carbons (Fsp3) is 0.188. The molecular weight excluding hydrogens is 307 g/mol. The van der Waals surface area contributed by atoms with Crippen molar-refractivity contribution in [1.29, 1.82) is 0 Å². The van der Waals surface area contributed by atoms with Gasteiger partial charge in [-0.1, -0.05) is 29.3 Å². The normalized spacial score (nSPS) is 15.3. The van der Waals surface area contributed by atoms with Crippen molar-refractivity contribution in [2.75, 3.05) is 24.5 Å². The van der Waals surface area contributed by atoms with Crippen LogP contribution in [0, 0.1) is 6.07 Å². The van der Waals surface area contributed by atoms with Gasteiger partial charge in [0.25, 0.3) is 0 Å². The van der Waals surface area contributed by atoms with E-state index in [9.17, 15) is 4.79 Å². The zero-order valence-electron chi connectivity index (χ0n) is 11.2. The number of hydrogen-bond acceptors (Lipinski definition) is 2. The summed E-state index contributed by atoms with van der Waals surface area (Å²) in [6, 6.07) is 14.0. The standard InChI is InChI=1S/C16H13Cl2N2O/c17-13-5-2-6-14(18)16(13)11-3-1-4-12(9-11)20-8-7-19-10-15(20)21/h2-6,9,19H,7-8,10H2. The monoisotopic (exact) mass is 319 g/mol. The van der Waals surface area contributed by atoms with Crippen LogP contribution in [0.5, 0.6) is 0 Å². The Morgan fingerprint density at radius 1 is 1.19 bits per heavy atom. The van der Waals surface area contributed by atoms with E-state index in [1.54, 1.807) is 23.1 Å². The number of hydrogen-bond donors (Lipinski definition) is 1. The van der Waals surface area contributed by atoms with Crippen molar-refractivity contribution in [2.24, 2.45) is 0 Å². The van der Waals surface area contributed by atoms with Crippen LogP contribution in [0.2, 0.25) is 10.0 Å². The number of halogens is 2. The third-order valence-electron chi connectivity index (χ3n) is 3.43. The van der Waals surface area contributed by atoms with Crippen molar-refractivity contribution in [3.63, 3.8) is 0 Å². The first-order chi connectivity index (χ1) is 10.2. The van der Waals surface area contributed by atoms with E-state index in [0.717, 1.165) is 23.4 Å². The molecule has 1 fully saturated rings. The average molecular weight is 320 g/mol. The van der Waals surface area contributed by atoms with Gasteiger partial charge < -0.3 is 10.2 Å². The highest BCUT2D eigenvalue weighted by atomic mass is 35.5. The predicted octanol–water partition coefficient (Wildman–Crippen LogP) is 3.40. The van der Waals surface area contributed by atoms with Gasteiger partial charge in [-0.15, -0.1) is 0 Å². The lowest BCUT2D eigenvalue weighted by Crippen LogP contribution is -2.48. The second kappa shape index (κ2) is 6.06. The lowest BCUT2D eigenvalue weighted by molar-refractivity contribution is -0.118. The highest BCUT2D eigenvalue weighted by Crippen LogP contribution is 2.36. The van der Waals surface area contributed by atoms with E-state index in [-0.39, 0.29) is 5.91 Å². The maximum atomic E-state index is 12.0. The summed E-state index contributed by atoms with van der Waals surface area (Å²) in [6.07, 6.45) is 0. The molecule has 1 heterocycles. The van der Waals surface area contributed by atoms with Crippen LogP contribution < -0.4 is 10.2 Å². The molecular formula is C16H13Cl2N2O. The summed E-state index contributed by atoms with van der Waals surface area (Å²) in [7, 11) is 0. The molecule has 1 saturated heterocycles. The molecule has 0 saturated carbocycles. The molecule has 2 aromatic rings. The third kappa shape index (κ3) is 2.91. The Labute approximate surface area is 133 Å². The highest BCUT2D eigenvalue weighted by Gasteiger charge is 2.20. The van der Waals surface area contributed by atoms with Gasteiger partial charge >= 0.3 is 0 Å². The molecule has 3 nitrogen and oxygen atoms in total. The fourth-order valence-corrected chi connectivity index (χ4v) is 3.03. The first-order valence-corrected chi connectivity index (χ1v) is 7.39. The van der Waals surface area contributed by atoms with Crippen LogP contribution in [0.25, 0.3) is 11.1 Å². The summed E-state index contributed by atoms with van der Waals surface area (Å²) in [5.41, 5.74) is 2.44. The second-order valence-electron chi connectivity index (χ2n) is 4.80. The highest BCUT2D eigenvalue weighted by molar-refractivity contribution is 6.39. The SMILES string of the molecule is O=C1CNCCN1c1c[c]cc(-c2c(Cl)cccc2Cl)c1. The van der Waals surface area contributed by atoms with Gasteiger partial charge in [-0.25, -0.2) is 0 Å². The molecule has 3 rings (SSSR count). The lowest BCUT2D eigenvalue weighted by Gasteiger charge is -2.27. The van der Waals surface area contributed by atoms with Crippen molar-refractivity contribution in [2.45, 2.75) is 0 Å². The molecule has 1 amide bonds. The summed E-state index contributed by atoms with van der Waals surface area (Å²) in [5.74, 6) is 0.0528. The molecule has 5 heteroatoms. The first kappa shape index (κ1) is 14.4. The van der Waals surface area contributed by atoms with E-state index >= 15 is 0 Å². The molecule has 2 aromatic carbocycles. The molecule has 107 valence electrons. The molecule has 1 aliphatic rings. The van der Waals surface area contributed by atoms with Crippen LogP contribution >= 0.6 is 23.2 Å². The lowest BCUT2D eigenvalue weighted by atomic mass is 10.0. The summed E-state index contributed by atoms with van der Waals surface area (Å²) >= 11 is 12.5. The van der Waals surface area contributed by atoms with Crippen molar-refractivity contribution in [1.82, 2.24) is 5.32 Å². The Morgan fingerprint density at radius 2 is 1.95 bits per heavy atom. The number of piperazine rings is 1. The van der Waals surface area contributed by atoms with Gasteiger partial charge in [0.15, 0.2) is 0 Å². The van der Waals surface area contributed by atoms with Crippen molar-refractivity contribution in [3.8, 4) is 11.1 Å². The maximum Gasteiger partial charge on any atom is 0.240 e. The Morgan fingerprint density at radius 3 is 2.67 bits per heavy atom. The Bertz CT molecular complexity index is 667. The van der Waals surface area contributed by atoms with Gasteiger partial charge in [0.05, 0.1) is 6.54 Å². The van der Waals surface area contributed by atoms with Gasteiger partial charge in [-0.2, -0.15) is 0 Å². The zero-order chi connectivity index (χ0) is 14.8. The van der Waals surface area contributed by atoms with Crippen LogP contribution in [0.4, 0.5) is 5.69 Å². The molecule has 0 unspecified atom stereocenters. The molecule has 1 N–H and O–H groups in total. The van der Waals surface area contributed by atoms with Crippen LogP contribution in [0.15, 0.2) is 36.4 Å². The third-order valence-corrected chi connectivity index (χ3v) is 4.06. The minimum atomic E-state index is 0.0528. The number of carbonyl (C=O) groups excluding carboxylic acids is 1. The van der Waals surface area contributed by atoms with Gasteiger partial charge in [-0.05, 0) is 42.0 Å². The number of amides is 1. The van der Waals surface area contributed by atoms with E-state index in [4.69, 9.17) is 23.2 Å². The first-order valence-electron chi connectivity index (χ1n) is 6.63. The van der Waals surface area contributed by atoms with Crippen LogP contribution in [-0.4, -0.2) is 25.5 Å². The van der Waals surface area contributed by atoms with E-state index in [0.29, 0.717) is 23.1 Å². The van der Waals surface area contributed by atoms with E-state index in [1.165, 1.54) is 0 Å². The summed E-state index contributed by atoms with van der Waals surface area (Å²) < 4.78 is 0. The summed E-state index contributed by atoms with van der Waals surface area (Å²) in [4.78, 5) is 13.7. The van der Waals surface area contributed by atoms with Gasteiger partial charge in [0.2, 0.25) is 5.91 Å². The van der Waals surface area contributed by atoms with Crippen LogP contribution in [0.1, 0.15) is 0 Å². The summed E-state index contributed by atoms with van der Waals surface area (Å²) in [6.45, 7) is 1.78. The number of anilines is 1. The van der Waals surface area contributed by atoms with Gasteiger partial charge in [0.1, 0.15) is 0 Å². The Kier molecular flexibility index (Phi) is 4.15. The molecule has 0 spiro atoms. The minimum Gasteiger partial charge on any atom is -0.310 e. The smallest absolute Gasteiger partial charge is 0.240 e. The number of nitrogens with zero attached hydrogens (tertiary/aromatic N) is 1. The number of benzene rings is 2. The van der Waals surface area contributed by atoms with Crippen molar-refractivity contribution < 1.29 is 4.79 Å². The van der Waals surface area contributed by atoms with Crippen molar-refractivity contribution in [3.05, 3.63) is 52.5 Å². The number of carbonyl (C=O) groups is 1. The van der Waals surface area contributed by atoms with Crippen LogP contribution in [-0.2, 0) is 4.79 Å². The van der Waals surface area contributed by atoms with Gasteiger partial charge in [-0.3, -0.25) is 4.79 Å². The molecule has 0 atom stereocenters. The molecule has 0 aromatic heterocycles. The predicted molar refractivity (Wildman–Crippen MR) is 86.0 cm³/mol.